The number of nitrogens with zero attached hydrogens (tertiary/aromatic N) is 2. The van der Waals surface area contributed by atoms with Gasteiger partial charge in [-0.05, 0) is 17.2 Å². The molecule has 0 aliphatic rings. The van der Waals surface area contributed by atoms with E-state index < -0.39 is 0 Å². The maximum atomic E-state index is 6.21. The van der Waals surface area contributed by atoms with Crippen LogP contribution in [-0.2, 0) is 12.4 Å². The van der Waals surface area contributed by atoms with Gasteiger partial charge in [0.1, 0.15) is 5.82 Å². The highest BCUT2D eigenvalue weighted by Crippen LogP contribution is 2.24. The van der Waals surface area contributed by atoms with Gasteiger partial charge in [0.05, 0.1) is 5.02 Å². The second-order valence-corrected chi connectivity index (χ2v) is 4.80. The Kier molecular flexibility index (Phi) is 4.45. The van der Waals surface area contributed by atoms with Gasteiger partial charge in [-0.25, -0.2) is 4.98 Å². The van der Waals surface area contributed by atoms with Gasteiger partial charge in [0.15, 0.2) is 0 Å². The van der Waals surface area contributed by atoms with E-state index in [4.69, 9.17) is 23.2 Å². The molecule has 0 saturated carbocycles. The number of rotatable bonds is 4. The molecule has 4 heteroatoms. The van der Waals surface area contributed by atoms with Crippen LogP contribution in [0.15, 0.2) is 42.6 Å². The van der Waals surface area contributed by atoms with E-state index in [2.05, 4.69) is 17.1 Å². The van der Waals surface area contributed by atoms with E-state index in [-0.39, 0.29) is 0 Å². The number of anilines is 1. The highest BCUT2D eigenvalue weighted by molar-refractivity contribution is 6.33. The molecule has 1 aromatic carbocycles. The van der Waals surface area contributed by atoms with Crippen molar-refractivity contribution in [2.24, 2.45) is 0 Å². The van der Waals surface area contributed by atoms with Crippen LogP contribution in [0.1, 0.15) is 11.1 Å². The Hall–Kier alpha value is -1.25. The number of benzene rings is 1. The third kappa shape index (κ3) is 3.15. The fraction of sp³-hybridized carbons (Fsp3) is 0.214. The van der Waals surface area contributed by atoms with Crippen LogP contribution < -0.4 is 4.90 Å². The quantitative estimate of drug-likeness (QED) is 0.784. The average molecular weight is 281 g/mol. The number of alkyl halides is 1. The number of hydrogen-bond donors (Lipinski definition) is 0. The molecule has 0 aliphatic heterocycles. The predicted octanol–water partition coefficient (Wildman–Crippen LogP) is 4.11. The van der Waals surface area contributed by atoms with Crippen LogP contribution in [0.2, 0.25) is 5.02 Å². The largest absolute Gasteiger partial charge is 0.354 e. The zero-order chi connectivity index (χ0) is 13.0. The highest BCUT2D eigenvalue weighted by Gasteiger charge is 2.09. The van der Waals surface area contributed by atoms with Crippen molar-refractivity contribution in [1.82, 2.24) is 4.98 Å². The monoisotopic (exact) mass is 280 g/mol. The minimum atomic E-state index is 0.426. The van der Waals surface area contributed by atoms with Crippen molar-refractivity contribution in [2.75, 3.05) is 11.9 Å². The van der Waals surface area contributed by atoms with Gasteiger partial charge in [-0.15, -0.1) is 11.6 Å². The maximum absolute atomic E-state index is 6.21. The number of halogens is 2. The van der Waals surface area contributed by atoms with E-state index in [1.807, 2.05) is 36.2 Å². The summed E-state index contributed by atoms with van der Waals surface area (Å²) in [7, 11) is 1.97. The van der Waals surface area contributed by atoms with Crippen molar-refractivity contribution in [3.63, 3.8) is 0 Å². The van der Waals surface area contributed by atoms with E-state index in [0.717, 1.165) is 17.9 Å². The van der Waals surface area contributed by atoms with Gasteiger partial charge in [0, 0.05) is 25.7 Å². The zero-order valence-electron chi connectivity index (χ0n) is 10.1. The van der Waals surface area contributed by atoms with E-state index in [9.17, 15) is 0 Å². The molecule has 1 aromatic heterocycles. The lowest BCUT2D eigenvalue weighted by Gasteiger charge is -2.19. The molecule has 2 aromatic rings. The van der Waals surface area contributed by atoms with Crippen molar-refractivity contribution >= 4 is 29.0 Å². The molecule has 0 saturated heterocycles. The second kappa shape index (κ2) is 6.07. The Balaban J connectivity index is 2.16. The summed E-state index contributed by atoms with van der Waals surface area (Å²) in [5, 5.41) is 0.631. The molecule has 0 N–H and O–H groups in total. The normalized spacial score (nSPS) is 10.4. The predicted molar refractivity (Wildman–Crippen MR) is 77.4 cm³/mol. The van der Waals surface area contributed by atoms with Crippen molar-refractivity contribution in [2.45, 2.75) is 12.4 Å². The summed E-state index contributed by atoms with van der Waals surface area (Å²) in [4.78, 5) is 6.38. The summed E-state index contributed by atoms with van der Waals surface area (Å²) in [5.41, 5.74) is 2.15. The SMILES string of the molecule is CN(Cc1ccccc1)c1ncc(CCl)cc1Cl. The first kappa shape index (κ1) is 13.2. The van der Waals surface area contributed by atoms with E-state index in [1.165, 1.54) is 5.56 Å². The smallest absolute Gasteiger partial charge is 0.147 e. The molecule has 0 fully saturated rings. The molecule has 0 radical (unpaired) electrons. The van der Waals surface area contributed by atoms with Gasteiger partial charge in [0.25, 0.3) is 0 Å². The Morgan fingerprint density at radius 2 is 1.89 bits per heavy atom. The van der Waals surface area contributed by atoms with Crippen LogP contribution >= 0.6 is 23.2 Å². The van der Waals surface area contributed by atoms with Crippen molar-refractivity contribution < 1.29 is 0 Å². The van der Waals surface area contributed by atoms with Gasteiger partial charge in [0.2, 0.25) is 0 Å². The summed E-state index contributed by atoms with van der Waals surface area (Å²) in [6.07, 6.45) is 1.76. The highest BCUT2D eigenvalue weighted by atomic mass is 35.5. The Labute approximate surface area is 117 Å². The van der Waals surface area contributed by atoms with Crippen molar-refractivity contribution in [3.05, 3.63) is 58.7 Å². The topological polar surface area (TPSA) is 16.1 Å². The maximum Gasteiger partial charge on any atom is 0.147 e. The summed E-state index contributed by atoms with van der Waals surface area (Å²) in [6.45, 7) is 0.772. The minimum absolute atomic E-state index is 0.426. The fourth-order valence-corrected chi connectivity index (χ4v) is 2.24. The Morgan fingerprint density at radius 3 is 2.50 bits per heavy atom. The van der Waals surface area contributed by atoms with Crippen LogP contribution in [0.5, 0.6) is 0 Å². The summed E-state index contributed by atoms with van der Waals surface area (Å²) >= 11 is 12.0. The molecule has 0 spiro atoms. The molecule has 18 heavy (non-hydrogen) atoms. The Morgan fingerprint density at radius 1 is 1.17 bits per heavy atom. The molecule has 0 atom stereocenters. The first-order valence-electron chi connectivity index (χ1n) is 5.66. The standard InChI is InChI=1S/C14H14Cl2N2/c1-18(10-11-5-3-2-4-6-11)14-13(16)7-12(8-15)9-17-14/h2-7,9H,8,10H2,1H3. The third-order valence-electron chi connectivity index (χ3n) is 2.66. The first-order valence-corrected chi connectivity index (χ1v) is 6.57. The molecule has 2 nitrogen and oxygen atoms in total. The van der Waals surface area contributed by atoms with Crippen LogP contribution in [0.3, 0.4) is 0 Å². The molecule has 0 unspecified atom stereocenters. The molecule has 0 bridgehead atoms. The van der Waals surface area contributed by atoms with Crippen molar-refractivity contribution in [1.29, 1.82) is 0 Å². The number of hydrogen-bond acceptors (Lipinski definition) is 2. The van der Waals surface area contributed by atoms with Gasteiger partial charge >= 0.3 is 0 Å². The lowest BCUT2D eigenvalue weighted by Crippen LogP contribution is -2.18. The second-order valence-electron chi connectivity index (χ2n) is 4.12. The summed E-state index contributed by atoms with van der Waals surface area (Å²) in [5.74, 6) is 1.20. The summed E-state index contributed by atoms with van der Waals surface area (Å²) in [6, 6.07) is 12.1. The van der Waals surface area contributed by atoms with Crippen LogP contribution in [0.4, 0.5) is 5.82 Å². The lowest BCUT2D eigenvalue weighted by atomic mass is 10.2. The zero-order valence-corrected chi connectivity index (χ0v) is 11.6. The summed E-state index contributed by atoms with van der Waals surface area (Å²) < 4.78 is 0. The van der Waals surface area contributed by atoms with Gasteiger partial charge in [-0.1, -0.05) is 41.9 Å². The fourth-order valence-electron chi connectivity index (χ4n) is 1.76. The van der Waals surface area contributed by atoms with Crippen LogP contribution in [-0.4, -0.2) is 12.0 Å². The van der Waals surface area contributed by atoms with E-state index in [1.54, 1.807) is 6.20 Å². The molecule has 1 heterocycles. The Bertz CT molecular complexity index is 514. The van der Waals surface area contributed by atoms with Gasteiger partial charge < -0.3 is 4.90 Å². The number of pyridine rings is 1. The molecule has 94 valence electrons. The molecule has 2 rings (SSSR count). The number of aromatic nitrogens is 1. The van der Waals surface area contributed by atoms with Crippen molar-refractivity contribution in [3.8, 4) is 0 Å². The van der Waals surface area contributed by atoms with Crippen LogP contribution in [0.25, 0.3) is 0 Å². The van der Waals surface area contributed by atoms with Crippen LogP contribution in [0, 0.1) is 0 Å². The third-order valence-corrected chi connectivity index (χ3v) is 3.24. The average Bonchev–Trinajstić information content (AvgIpc) is 2.39. The molecule has 0 amide bonds. The van der Waals surface area contributed by atoms with E-state index in [0.29, 0.717) is 10.9 Å². The minimum Gasteiger partial charge on any atom is -0.354 e. The van der Waals surface area contributed by atoms with Gasteiger partial charge in [-0.3, -0.25) is 0 Å². The van der Waals surface area contributed by atoms with E-state index >= 15 is 0 Å². The lowest BCUT2D eigenvalue weighted by molar-refractivity contribution is 0.896. The van der Waals surface area contributed by atoms with Gasteiger partial charge in [-0.2, -0.15) is 0 Å². The molecular formula is C14H14Cl2N2. The first-order chi connectivity index (χ1) is 8.70. The molecular weight excluding hydrogens is 267 g/mol. The molecule has 0 aliphatic carbocycles.